The van der Waals surface area contributed by atoms with Crippen molar-refractivity contribution in [2.24, 2.45) is 5.92 Å². The molecule has 0 saturated carbocycles. The van der Waals surface area contributed by atoms with Gasteiger partial charge in [0.2, 0.25) is 5.91 Å². The lowest BCUT2D eigenvalue weighted by Gasteiger charge is -2.32. The topological polar surface area (TPSA) is 140 Å². The molecule has 0 aliphatic carbocycles. The molecule has 1 saturated heterocycles. The van der Waals surface area contributed by atoms with Crippen molar-refractivity contribution in [3.8, 4) is 0 Å². The number of nitrogens with zero attached hydrogens (tertiary/aromatic N) is 2. The van der Waals surface area contributed by atoms with Gasteiger partial charge in [0.15, 0.2) is 13.9 Å². The minimum absolute atomic E-state index is 0.0903. The van der Waals surface area contributed by atoms with Crippen LogP contribution in [0.4, 0.5) is 17.1 Å². The maximum Gasteiger partial charge on any atom is 0.268 e. The van der Waals surface area contributed by atoms with Gasteiger partial charge in [-0.3, -0.25) is 19.3 Å². The number of benzene rings is 3. The lowest BCUT2D eigenvalue weighted by atomic mass is 9.82. The summed E-state index contributed by atoms with van der Waals surface area (Å²) >= 11 is 0. The van der Waals surface area contributed by atoms with Crippen molar-refractivity contribution in [1.82, 2.24) is 4.90 Å². The highest BCUT2D eigenvalue weighted by atomic mass is 28.4. The normalized spacial score (nSPS) is 23.2. The molecule has 0 unspecified atom stereocenters. The summed E-state index contributed by atoms with van der Waals surface area (Å²) in [6.07, 6.45) is -2.12. The van der Waals surface area contributed by atoms with E-state index in [1.54, 1.807) is 41.1 Å². The van der Waals surface area contributed by atoms with Crippen molar-refractivity contribution < 1.29 is 34.1 Å². The first-order chi connectivity index (χ1) is 21.4. The van der Waals surface area contributed by atoms with Crippen LogP contribution in [0.15, 0.2) is 78.9 Å². The minimum Gasteiger partial charge on any atom is -0.432 e. The quantitative estimate of drug-likeness (QED) is 0.249. The van der Waals surface area contributed by atoms with E-state index in [4.69, 9.17) is 4.74 Å². The van der Waals surface area contributed by atoms with Gasteiger partial charge in [-0.15, -0.1) is 0 Å². The number of aliphatic hydroxyl groups is 2. The summed E-state index contributed by atoms with van der Waals surface area (Å²) in [6.45, 7) is 7.04. The molecule has 45 heavy (non-hydrogen) atoms. The van der Waals surface area contributed by atoms with Crippen LogP contribution in [0.3, 0.4) is 0 Å². The molecule has 5 rings (SSSR count). The van der Waals surface area contributed by atoms with E-state index in [0.717, 1.165) is 5.56 Å². The van der Waals surface area contributed by atoms with E-state index in [0.29, 0.717) is 29.2 Å². The summed E-state index contributed by atoms with van der Waals surface area (Å²) in [4.78, 5) is 55.7. The minimum atomic E-state index is -3.06. The van der Waals surface area contributed by atoms with Crippen molar-refractivity contribution in [2.45, 2.75) is 63.3 Å². The van der Waals surface area contributed by atoms with Gasteiger partial charge in [0.05, 0.1) is 24.8 Å². The first kappa shape index (κ1) is 32.5. The smallest absolute Gasteiger partial charge is 0.268 e. The Bertz CT molecular complexity index is 1550. The Morgan fingerprint density at radius 2 is 1.71 bits per heavy atom. The third-order valence-corrected chi connectivity index (χ3v) is 11.4. The Morgan fingerprint density at radius 3 is 2.31 bits per heavy atom. The third-order valence-electron chi connectivity index (χ3n) is 8.87. The largest absolute Gasteiger partial charge is 0.432 e. The molecule has 2 aliphatic rings. The first-order valence-corrected chi connectivity index (χ1v) is 18.3. The van der Waals surface area contributed by atoms with E-state index in [1.165, 1.54) is 6.92 Å². The predicted octanol–water partition coefficient (Wildman–Crippen LogP) is 3.89. The third kappa shape index (κ3) is 6.18. The number of aliphatic hydroxyl groups excluding tert-OH is 2. The maximum absolute atomic E-state index is 14.7. The molecule has 2 heterocycles. The number of rotatable bonds is 10. The summed E-state index contributed by atoms with van der Waals surface area (Å²) in [5, 5.41) is 22.3. The number of hydrogen-bond donors (Lipinski definition) is 4. The molecule has 3 aromatic carbocycles. The molecule has 238 valence electrons. The number of amides is 3. The van der Waals surface area contributed by atoms with Crippen LogP contribution in [0, 0.1) is 5.92 Å². The van der Waals surface area contributed by atoms with Gasteiger partial charge >= 0.3 is 0 Å². The first-order valence-electron chi connectivity index (χ1n) is 15.2. The molecule has 5 atom stereocenters. The molecule has 0 radical (unpaired) electrons. The Morgan fingerprint density at radius 1 is 1.07 bits per heavy atom. The number of carbonyl (C=O) groups excluding carboxylic acids is 3. The van der Waals surface area contributed by atoms with Gasteiger partial charge in [-0.25, -0.2) is 0 Å². The Labute approximate surface area is 264 Å². The lowest BCUT2D eigenvalue weighted by Crippen LogP contribution is -2.45. The van der Waals surface area contributed by atoms with Gasteiger partial charge in [0.25, 0.3) is 11.8 Å². The summed E-state index contributed by atoms with van der Waals surface area (Å²) in [5.41, 5.74) is 0.953. The molecular weight excluding hydrogens is 590 g/mol. The fourth-order valence-corrected chi connectivity index (χ4v) is 9.43. The number of nitrogens with one attached hydrogen (secondary N) is 1. The zero-order valence-corrected chi connectivity index (χ0v) is 27.0. The van der Waals surface area contributed by atoms with Crippen LogP contribution in [-0.4, -0.2) is 71.3 Å². The number of anilines is 3. The van der Waals surface area contributed by atoms with Crippen LogP contribution in [0.25, 0.3) is 0 Å². The predicted molar refractivity (Wildman–Crippen MR) is 173 cm³/mol. The molecular formula is C34H41N3O7Si. The second-order valence-electron chi connectivity index (χ2n) is 12.5. The second kappa shape index (κ2) is 12.9. The standard InChI is InChI=1S/C34H41N3O7Si/c1-22-31(45(3,4)43)29(20-30(40)36(17-18-38)21-24-11-7-5-8-12-24)44-34(22)27-19-25(35-32(41)23(2)39)15-16-28(27)37(33(34)42)26-13-9-6-10-14-26/h5-16,19,22-23,29,31,38-39,43H,17-18,20-21H2,1-4H3,(H,35,41)/t22-,23+,29+,31-,34+/m1/s1. The molecule has 10 nitrogen and oxygen atoms in total. The Kier molecular flexibility index (Phi) is 9.29. The molecule has 1 fully saturated rings. The highest BCUT2D eigenvalue weighted by Crippen LogP contribution is 2.61. The molecule has 3 aromatic rings. The van der Waals surface area contributed by atoms with Crippen LogP contribution in [0.1, 0.15) is 31.4 Å². The monoisotopic (exact) mass is 631 g/mol. The van der Waals surface area contributed by atoms with Gasteiger partial charge in [-0.2, -0.15) is 0 Å². The Balaban J connectivity index is 1.57. The van der Waals surface area contributed by atoms with Crippen LogP contribution in [0.2, 0.25) is 18.6 Å². The lowest BCUT2D eigenvalue weighted by molar-refractivity contribution is -0.149. The van der Waals surface area contributed by atoms with Gasteiger partial charge < -0.3 is 30.0 Å². The van der Waals surface area contributed by atoms with Crippen molar-refractivity contribution >= 4 is 43.1 Å². The summed E-state index contributed by atoms with van der Waals surface area (Å²) in [6, 6.07) is 23.7. The summed E-state index contributed by atoms with van der Waals surface area (Å²) < 4.78 is 6.82. The van der Waals surface area contributed by atoms with E-state index < -0.39 is 43.5 Å². The molecule has 11 heteroatoms. The number of para-hydroxylation sites is 1. The summed E-state index contributed by atoms with van der Waals surface area (Å²) in [7, 11) is -3.06. The highest BCUT2D eigenvalue weighted by molar-refractivity contribution is 6.71. The van der Waals surface area contributed by atoms with Crippen molar-refractivity contribution in [1.29, 1.82) is 0 Å². The van der Waals surface area contributed by atoms with Crippen molar-refractivity contribution in [2.75, 3.05) is 23.4 Å². The van der Waals surface area contributed by atoms with Crippen molar-refractivity contribution in [3.05, 3.63) is 90.0 Å². The van der Waals surface area contributed by atoms with Gasteiger partial charge in [-0.1, -0.05) is 55.5 Å². The fourth-order valence-electron chi connectivity index (χ4n) is 6.88. The number of ether oxygens (including phenoxy) is 1. The van der Waals surface area contributed by atoms with Crippen LogP contribution in [-0.2, 0) is 31.3 Å². The zero-order chi connectivity index (χ0) is 32.5. The van der Waals surface area contributed by atoms with E-state index >= 15 is 0 Å². The maximum atomic E-state index is 14.7. The van der Waals surface area contributed by atoms with E-state index in [-0.39, 0.29) is 31.4 Å². The van der Waals surface area contributed by atoms with E-state index in [1.807, 2.05) is 67.6 Å². The number of hydrogen-bond acceptors (Lipinski definition) is 7. The molecule has 1 spiro atoms. The van der Waals surface area contributed by atoms with Crippen molar-refractivity contribution in [3.63, 3.8) is 0 Å². The fraction of sp³-hybridized carbons (Fsp3) is 0.382. The van der Waals surface area contributed by atoms with Crippen LogP contribution in [0.5, 0.6) is 0 Å². The van der Waals surface area contributed by atoms with Crippen LogP contribution >= 0.6 is 0 Å². The Hall–Kier alpha value is -3.87. The van der Waals surface area contributed by atoms with Gasteiger partial charge in [0.1, 0.15) is 6.10 Å². The highest BCUT2D eigenvalue weighted by Gasteiger charge is 2.66. The molecule has 0 aromatic heterocycles. The molecule has 0 bridgehead atoms. The average molecular weight is 632 g/mol. The molecule has 3 amide bonds. The number of fused-ring (bicyclic) bond motifs is 2. The summed E-state index contributed by atoms with van der Waals surface area (Å²) in [5.74, 6) is -1.73. The van der Waals surface area contributed by atoms with E-state index in [2.05, 4.69) is 5.32 Å². The SMILES string of the molecule is C[C@H](O)C(=O)Nc1ccc2c(c1)[C@]1(O[C@@H](CC(=O)N(CCO)Cc3ccccc3)[C@H]([Si](C)(C)O)[C@H]1C)C(=O)N2c1ccccc1. The number of carbonyl (C=O) groups is 3. The zero-order valence-electron chi connectivity index (χ0n) is 26.0. The molecule has 4 N–H and O–H groups in total. The van der Waals surface area contributed by atoms with Gasteiger partial charge in [-0.05, 0) is 55.9 Å². The van der Waals surface area contributed by atoms with E-state index in [9.17, 15) is 29.4 Å². The second-order valence-corrected chi connectivity index (χ2v) is 16.4. The van der Waals surface area contributed by atoms with Crippen LogP contribution < -0.4 is 10.2 Å². The molecule has 2 aliphatic heterocycles. The van der Waals surface area contributed by atoms with Gasteiger partial charge in [0, 0.05) is 41.5 Å². The average Bonchev–Trinajstić information content (AvgIpc) is 3.43.